The van der Waals surface area contributed by atoms with E-state index in [1.807, 2.05) is 0 Å². The molecule has 1 aliphatic rings. The first-order valence-corrected chi connectivity index (χ1v) is 7.63. The lowest BCUT2D eigenvalue weighted by Crippen LogP contribution is -2.43. The van der Waals surface area contributed by atoms with Crippen LogP contribution in [0.2, 0.25) is 0 Å². The van der Waals surface area contributed by atoms with E-state index in [1.54, 1.807) is 0 Å². The lowest BCUT2D eigenvalue weighted by molar-refractivity contribution is -0.146. The summed E-state index contributed by atoms with van der Waals surface area (Å²) in [5.74, 6) is -1.91. The fourth-order valence-corrected chi connectivity index (χ4v) is 2.41. The van der Waals surface area contributed by atoms with Crippen molar-refractivity contribution in [3.63, 3.8) is 0 Å². The molecule has 1 aliphatic heterocycles. The van der Waals surface area contributed by atoms with Gasteiger partial charge in [-0.1, -0.05) is 0 Å². The lowest BCUT2D eigenvalue weighted by atomic mass is 10.1. The van der Waals surface area contributed by atoms with Crippen molar-refractivity contribution in [2.24, 2.45) is 0 Å². The molecule has 0 aromatic carbocycles. The van der Waals surface area contributed by atoms with Gasteiger partial charge >= 0.3 is 5.97 Å². The molecule has 1 rings (SSSR count). The Labute approximate surface area is 106 Å². The predicted molar refractivity (Wildman–Crippen MR) is 62.9 cm³/mol. The smallest absolute Gasteiger partial charge is 0.329 e. The first-order valence-electron chi connectivity index (χ1n) is 5.57. The van der Waals surface area contributed by atoms with E-state index < -0.39 is 27.5 Å². The number of rotatable bonds is 5. The molecular formula is C10H17NO6S. The molecule has 0 atom stereocenters. The highest BCUT2D eigenvalue weighted by molar-refractivity contribution is 7.91. The zero-order valence-corrected chi connectivity index (χ0v) is 11.0. The van der Waals surface area contributed by atoms with E-state index in [4.69, 9.17) is 9.84 Å². The van der Waals surface area contributed by atoms with Crippen LogP contribution >= 0.6 is 0 Å². The summed E-state index contributed by atoms with van der Waals surface area (Å²) in [5.41, 5.74) is 0. The van der Waals surface area contributed by atoms with Gasteiger partial charge < -0.3 is 14.7 Å². The zero-order valence-electron chi connectivity index (χ0n) is 10.2. The second kappa shape index (κ2) is 6.14. The van der Waals surface area contributed by atoms with Gasteiger partial charge in [-0.2, -0.15) is 0 Å². The fraction of sp³-hybridized carbons (Fsp3) is 0.800. The van der Waals surface area contributed by atoms with Crippen LogP contribution in [-0.4, -0.2) is 68.1 Å². The van der Waals surface area contributed by atoms with E-state index in [-0.39, 0.29) is 12.7 Å². The molecule has 0 radical (unpaired) electrons. The van der Waals surface area contributed by atoms with Crippen LogP contribution in [0.4, 0.5) is 0 Å². The van der Waals surface area contributed by atoms with Gasteiger partial charge in [0.15, 0.2) is 9.84 Å². The molecule has 1 amide bonds. The Bertz CT molecular complexity index is 410. The topological polar surface area (TPSA) is 101 Å². The third-order valence-electron chi connectivity index (χ3n) is 2.62. The van der Waals surface area contributed by atoms with E-state index in [9.17, 15) is 18.0 Å². The maximum atomic E-state index is 11.6. The summed E-state index contributed by atoms with van der Waals surface area (Å²) in [6.07, 6.45) is 1.91. The molecule has 0 aliphatic carbocycles. The van der Waals surface area contributed by atoms with Crippen LogP contribution in [0, 0.1) is 0 Å². The summed E-state index contributed by atoms with van der Waals surface area (Å²) in [5, 5.41) is 8.46. The number of carbonyl (C=O) groups excluding carboxylic acids is 1. The van der Waals surface area contributed by atoms with Crippen LogP contribution in [0.25, 0.3) is 0 Å². The third-order valence-corrected chi connectivity index (χ3v) is 3.39. The third kappa shape index (κ3) is 5.46. The van der Waals surface area contributed by atoms with Crippen molar-refractivity contribution in [2.75, 3.05) is 31.7 Å². The maximum absolute atomic E-state index is 11.6. The standard InChI is InChI=1S/C10H17NO6S/c1-18(15,16)7-9(12)11-4-2-8(3-5-11)17-6-10(13)14/h8H,2-7H2,1H3,(H,13,14). The minimum Gasteiger partial charge on any atom is -0.480 e. The molecule has 8 heteroatoms. The van der Waals surface area contributed by atoms with E-state index in [2.05, 4.69) is 0 Å². The maximum Gasteiger partial charge on any atom is 0.329 e. The van der Waals surface area contributed by atoms with Crippen molar-refractivity contribution >= 4 is 21.7 Å². The molecule has 0 aromatic rings. The Morgan fingerprint density at radius 3 is 2.33 bits per heavy atom. The first kappa shape index (κ1) is 14.9. The quantitative estimate of drug-likeness (QED) is 0.701. The summed E-state index contributed by atoms with van der Waals surface area (Å²) >= 11 is 0. The summed E-state index contributed by atoms with van der Waals surface area (Å²) in [6.45, 7) is 0.458. The molecule has 0 saturated carbocycles. The first-order chi connectivity index (χ1) is 8.28. The van der Waals surface area contributed by atoms with Gasteiger partial charge in [0.1, 0.15) is 12.4 Å². The largest absolute Gasteiger partial charge is 0.480 e. The van der Waals surface area contributed by atoms with Crippen LogP contribution in [0.3, 0.4) is 0 Å². The Hall–Kier alpha value is -1.15. The molecule has 1 heterocycles. The van der Waals surface area contributed by atoms with Gasteiger partial charge in [0.05, 0.1) is 6.10 Å². The van der Waals surface area contributed by atoms with Crippen molar-refractivity contribution in [3.05, 3.63) is 0 Å². The van der Waals surface area contributed by atoms with Crippen molar-refractivity contribution in [1.29, 1.82) is 0 Å². The van der Waals surface area contributed by atoms with Gasteiger partial charge in [-0.15, -0.1) is 0 Å². The van der Waals surface area contributed by atoms with Gasteiger partial charge in [0.25, 0.3) is 0 Å². The summed E-state index contributed by atoms with van der Waals surface area (Å²) in [7, 11) is -3.31. The van der Waals surface area contributed by atoms with E-state index in [0.29, 0.717) is 25.9 Å². The highest BCUT2D eigenvalue weighted by atomic mass is 32.2. The van der Waals surface area contributed by atoms with Crippen molar-refractivity contribution < 1.29 is 27.9 Å². The monoisotopic (exact) mass is 279 g/mol. The van der Waals surface area contributed by atoms with Gasteiger partial charge in [-0.25, -0.2) is 13.2 Å². The Morgan fingerprint density at radius 2 is 1.89 bits per heavy atom. The Balaban J connectivity index is 2.35. The highest BCUT2D eigenvalue weighted by Crippen LogP contribution is 2.14. The molecule has 1 saturated heterocycles. The highest BCUT2D eigenvalue weighted by Gasteiger charge is 2.25. The number of hydrogen-bond donors (Lipinski definition) is 1. The molecule has 0 spiro atoms. The number of carboxylic acids is 1. The van der Waals surface area contributed by atoms with Crippen LogP contribution in [0.15, 0.2) is 0 Å². The molecular weight excluding hydrogens is 262 g/mol. The second-order valence-electron chi connectivity index (χ2n) is 4.35. The predicted octanol–water partition coefficient (Wildman–Crippen LogP) is -0.877. The average molecular weight is 279 g/mol. The van der Waals surface area contributed by atoms with Gasteiger partial charge in [-0.05, 0) is 12.8 Å². The van der Waals surface area contributed by atoms with Gasteiger partial charge in [0.2, 0.25) is 5.91 Å². The van der Waals surface area contributed by atoms with Gasteiger partial charge in [-0.3, -0.25) is 4.79 Å². The number of carbonyl (C=O) groups is 2. The van der Waals surface area contributed by atoms with E-state index in [1.165, 1.54) is 4.90 Å². The molecule has 1 fully saturated rings. The number of carboxylic acid groups (broad SMARTS) is 1. The summed E-state index contributed by atoms with van der Waals surface area (Å²) in [6, 6.07) is 0. The Kier molecular flexibility index (Phi) is 5.09. The molecule has 0 bridgehead atoms. The van der Waals surface area contributed by atoms with Crippen molar-refractivity contribution in [1.82, 2.24) is 4.90 Å². The number of amides is 1. The average Bonchev–Trinajstić information content (AvgIpc) is 2.24. The van der Waals surface area contributed by atoms with Crippen molar-refractivity contribution in [3.8, 4) is 0 Å². The normalized spacial score (nSPS) is 17.7. The fourth-order valence-electron chi connectivity index (χ4n) is 1.78. The van der Waals surface area contributed by atoms with Crippen molar-refractivity contribution in [2.45, 2.75) is 18.9 Å². The van der Waals surface area contributed by atoms with Gasteiger partial charge in [0, 0.05) is 19.3 Å². The minimum absolute atomic E-state index is 0.177. The number of hydrogen-bond acceptors (Lipinski definition) is 5. The SMILES string of the molecule is CS(=O)(=O)CC(=O)N1CCC(OCC(=O)O)CC1. The number of likely N-dealkylation sites (tertiary alicyclic amines) is 1. The Morgan fingerprint density at radius 1 is 1.33 bits per heavy atom. The zero-order chi connectivity index (χ0) is 13.8. The molecule has 0 aromatic heterocycles. The summed E-state index contributed by atoms with van der Waals surface area (Å²) in [4.78, 5) is 23.4. The molecule has 7 nitrogen and oxygen atoms in total. The molecule has 1 N–H and O–H groups in total. The number of ether oxygens (including phenoxy) is 1. The van der Waals surface area contributed by atoms with E-state index >= 15 is 0 Å². The lowest BCUT2D eigenvalue weighted by Gasteiger charge is -2.31. The number of aliphatic carboxylic acids is 1. The van der Waals surface area contributed by atoms with Crippen LogP contribution in [0.5, 0.6) is 0 Å². The number of piperidine rings is 1. The van der Waals surface area contributed by atoms with Crippen LogP contribution in [-0.2, 0) is 24.2 Å². The number of sulfone groups is 1. The molecule has 0 unspecified atom stereocenters. The molecule has 18 heavy (non-hydrogen) atoms. The van der Waals surface area contributed by atoms with E-state index in [0.717, 1.165) is 6.26 Å². The van der Waals surface area contributed by atoms with Crippen LogP contribution < -0.4 is 0 Å². The second-order valence-corrected chi connectivity index (χ2v) is 6.50. The van der Waals surface area contributed by atoms with Crippen LogP contribution in [0.1, 0.15) is 12.8 Å². The summed E-state index contributed by atoms with van der Waals surface area (Å²) < 4.78 is 27.1. The molecule has 104 valence electrons. The number of nitrogens with zero attached hydrogens (tertiary/aromatic N) is 1. The minimum atomic E-state index is -3.31.